The summed E-state index contributed by atoms with van der Waals surface area (Å²) < 4.78 is 52.6. The third-order valence-corrected chi connectivity index (χ3v) is 9.69. The monoisotopic (exact) mass is 664 g/mol. The van der Waals surface area contributed by atoms with E-state index in [1.54, 1.807) is 19.2 Å². The number of morpholine rings is 1. The molecule has 1 N–H and O–H groups in total. The maximum Gasteiger partial charge on any atom is 0.416 e. The predicted octanol–water partition coefficient (Wildman–Crippen LogP) is 7.36. The van der Waals surface area contributed by atoms with Crippen LogP contribution in [0.15, 0.2) is 77.7 Å². The van der Waals surface area contributed by atoms with Crippen LogP contribution in [0.25, 0.3) is 22.2 Å². The molecule has 0 bridgehead atoms. The number of carbonyl (C=O) groups excluding carboxylic acids is 1. The van der Waals surface area contributed by atoms with Gasteiger partial charge < -0.3 is 14.2 Å². The smallest absolute Gasteiger partial charge is 0.379 e. The van der Waals surface area contributed by atoms with Gasteiger partial charge in [0, 0.05) is 59.1 Å². The average molecular weight is 665 g/mol. The summed E-state index contributed by atoms with van der Waals surface area (Å²) in [6.07, 6.45) is -2.60. The van der Waals surface area contributed by atoms with Crippen LogP contribution in [-0.2, 0) is 21.6 Å². The van der Waals surface area contributed by atoms with E-state index in [2.05, 4.69) is 15.1 Å². The number of halogens is 3. The highest BCUT2D eigenvalue weighted by Crippen LogP contribution is 2.37. The topological polar surface area (TPSA) is 66.9 Å². The second-order valence-electron chi connectivity index (χ2n) is 12.1. The summed E-state index contributed by atoms with van der Waals surface area (Å²) >= 11 is 1.17. The molecule has 3 aromatic carbocycles. The van der Waals surface area contributed by atoms with Crippen LogP contribution in [0.1, 0.15) is 52.9 Å². The zero-order chi connectivity index (χ0) is 33.0. The number of amides is 1. The molecule has 1 aromatic heterocycles. The summed E-state index contributed by atoms with van der Waals surface area (Å²) in [5.41, 5.74) is 2.43. The number of pyridine rings is 1. The van der Waals surface area contributed by atoms with E-state index < -0.39 is 11.7 Å². The Kier molecular flexibility index (Phi) is 10.5. The van der Waals surface area contributed by atoms with Crippen molar-refractivity contribution >= 4 is 28.9 Å². The Balaban J connectivity index is 1.45. The number of rotatable bonds is 9. The van der Waals surface area contributed by atoms with Gasteiger partial charge in [0.05, 0.1) is 48.7 Å². The first-order valence-corrected chi connectivity index (χ1v) is 16.7. The van der Waals surface area contributed by atoms with E-state index in [1.807, 2.05) is 49.4 Å². The van der Waals surface area contributed by atoms with Gasteiger partial charge in [0.15, 0.2) is 0 Å². The molecule has 6 rings (SSSR count). The molecule has 1 amide bonds. The molecule has 7 nitrogen and oxygen atoms in total. The van der Waals surface area contributed by atoms with Gasteiger partial charge in [-0.05, 0) is 68.8 Å². The van der Waals surface area contributed by atoms with E-state index in [4.69, 9.17) is 13.9 Å². The number of hydrogen-bond donors (Lipinski definition) is 1. The van der Waals surface area contributed by atoms with E-state index in [-0.39, 0.29) is 11.9 Å². The van der Waals surface area contributed by atoms with Crippen LogP contribution in [0.4, 0.5) is 13.2 Å². The summed E-state index contributed by atoms with van der Waals surface area (Å²) in [6, 6.07) is 20.6. The fourth-order valence-electron chi connectivity index (χ4n) is 6.63. The molecule has 4 aromatic rings. The normalized spacial score (nSPS) is 17.6. The lowest BCUT2D eigenvalue weighted by Gasteiger charge is -2.40. The number of nitrogens with one attached hydrogen (secondary N) is 1. The Hall–Kier alpha value is -3.48. The Bertz CT molecular complexity index is 1690. The Morgan fingerprint density at radius 1 is 1.02 bits per heavy atom. The number of alkyl halides is 3. The van der Waals surface area contributed by atoms with E-state index in [0.717, 1.165) is 74.8 Å². The van der Waals surface area contributed by atoms with Crippen LogP contribution in [0.2, 0.25) is 0 Å². The van der Waals surface area contributed by atoms with Crippen molar-refractivity contribution in [3.63, 3.8) is 0 Å². The fraction of sp³-hybridized carbons (Fsp3) is 0.389. The second kappa shape index (κ2) is 14.7. The largest absolute Gasteiger partial charge is 0.416 e. The van der Waals surface area contributed by atoms with Gasteiger partial charge in [0.25, 0.3) is 5.91 Å². The first-order valence-electron chi connectivity index (χ1n) is 16.0. The quantitative estimate of drug-likeness (QED) is 0.188. The maximum atomic E-state index is 14.4. The summed E-state index contributed by atoms with van der Waals surface area (Å²) in [4.78, 5) is 25.0. The molecular weight excluding hydrogens is 625 g/mol. The zero-order valence-corrected chi connectivity index (χ0v) is 27.4. The lowest BCUT2D eigenvalue weighted by molar-refractivity contribution is -0.137. The standard InChI is InChI=1S/C36H39F3N4O3S/c1-24(25-7-4-3-5-8-25)40-35(44)33-30-22-29(47-45-2)11-12-32(30)41-34(26-9-6-10-27(21-26)36(37,38)39)31(33)23-42-15-13-28(14-16-42)43-17-19-46-20-18-43/h3-12,21-22,24,28H,13-20,23H2,1-2H3,(H,40,44)/t24-/m0/s1. The van der Waals surface area contributed by atoms with Gasteiger partial charge in [-0.15, -0.1) is 0 Å². The minimum Gasteiger partial charge on any atom is -0.379 e. The molecule has 47 heavy (non-hydrogen) atoms. The molecule has 0 spiro atoms. The molecule has 3 heterocycles. The summed E-state index contributed by atoms with van der Waals surface area (Å²) in [5.74, 6) is -0.306. The third kappa shape index (κ3) is 7.81. The van der Waals surface area contributed by atoms with Crippen LogP contribution < -0.4 is 5.32 Å². The lowest BCUT2D eigenvalue weighted by Crippen LogP contribution is -2.48. The zero-order valence-electron chi connectivity index (χ0n) is 26.6. The average Bonchev–Trinajstić information content (AvgIpc) is 3.09. The number of benzene rings is 3. The molecule has 0 radical (unpaired) electrons. The van der Waals surface area contributed by atoms with Crippen molar-refractivity contribution < 1.29 is 26.9 Å². The minimum atomic E-state index is -4.52. The van der Waals surface area contributed by atoms with Crippen LogP contribution >= 0.6 is 12.0 Å². The number of likely N-dealkylation sites (tertiary alicyclic amines) is 1. The first-order chi connectivity index (χ1) is 22.7. The van der Waals surface area contributed by atoms with Gasteiger partial charge in [-0.3, -0.25) is 14.6 Å². The molecule has 0 aliphatic carbocycles. The highest BCUT2D eigenvalue weighted by molar-refractivity contribution is 7.94. The molecular formula is C36H39F3N4O3S. The predicted molar refractivity (Wildman–Crippen MR) is 178 cm³/mol. The molecule has 0 saturated carbocycles. The summed E-state index contributed by atoms with van der Waals surface area (Å²) in [5, 5.41) is 3.80. The Labute approximate surface area is 277 Å². The number of nitrogens with zero attached hydrogens (tertiary/aromatic N) is 3. The van der Waals surface area contributed by atoms with E-state index in [0.29, 0.717) is 45.9 Å². The summed E-state index contributed by atoms with van der Waals surface area (Å²) in [6.45, 7) is 7.21. The molecule has 2 aliphatic rings. The van der Waals surface area contributed by atoms with Gasteiger partial charge in [-0.2, -0.15) is 13.2 Å². The number of piperidine rings is 1. The van der Waals surface area contributed by atoms with Crippen LogP contribution in [0.3, 0.4) is 0 Å². The van der Waals surface area contributed by atoms with Gasteiger partial charge in [0.2, 0.25) is 0 Å². The van der Waals surface area contributed by atoms with Crippen LogP contribution in [-0.4, -0.2) is 73.2 Å². The molecule has 2 fully saturated rings. The number of carbonyl (C=O) groups is 1. The van der Waals surface area contributed by atoms with Crippen molar-refractivity contribution in [1.82, 2.24) is 20.1 Å². The molecule has 2 aliphatic heterocycles. The highest BCUT2D eigenvalue weighted by Gasteiger charge is 2.32. The molecule has 1 atom stereocenters. The van der Waals surface area contributed by atoms with Gasteiger partial charge >= 0.3 is 6.18 Å². The Morgan fingerprint density at radius 2 is 1.77 bits per heavy atom. The molecule has 0 unspecified atom stereocenters. The molecule has 2 saturated heterocycles. The van der Waals surface area contributed by atoms with Crippen molar-refractivity contribution in [3.8, 4) is 11.3 Å². The van der Waals surface area contributed by atoms with Crippen molar-refractivity contribution in [1.29, 1.82) is 0 Å². The number of aromatic nitrogens is 1. The van der Waals surface area contributed by atoms with Crippen molar-refractivity contribution in [2.24, 2.45) is 0 Å². The number of ether oxygens (including phenoxy) is 1. The minimum absolute atomic E-state index is 0.306. The van der Waals surface area contributed by atoms with E-state index >= 15 is 0 Å². The fourth-order valence-corrected chi connectivity index (χ4v) is 7.11. The van der Waals surface area contributed by atoms with Gasteiger partial charge in [-0.1, -0.05) is 42.5 Å². The van der Waals surface area contributed by atoms with Gasteiger partial charge in [-0.25, -0.2) is 4.98 Å². The molecule has 248 valence electrons. The van der Waals surface area contributed by atoms with Crippen molar-refractivity contribution in [2.45, 2.75) is 49.5 Å². The maximum absolute atomic E-state index is 14.4. The van der Waals surface area contributed by atoms with Crippen LogP contribution in [0, 0.1) is 0 Å². The highest BCUT2D eigenvalue weighted by atomic mass is 32.2. The second-order valence-corrected chi connectivity index (χ2v) is 13.1. The Morgan fingerprint density at radius 3 is 2.47 bits per heavy atom. The molecule has 11 heteroatoms. The first kappa shape index (κ1) is 33.4. The van der Waals surface area contributed by atoms with Crippen LogP contribution in [0.5, 0.6) is 0 Å². The van der Waals surface area contributed by atoms with E-state index in [1.165, 1.54) is 18.1 Å². The van der Waals surface area contributed by atoms with Gasteiger partial charge in [0.1, 0.15) is 0 Å². The van der Waals surface area contributed by atoms with Crippen molar-refractivity contribution in [3.05, 3.63) is 95.1 Å². The van der Waals surface area contributed by atoms with Crippen molar-refractivity contribution in [2.75, 3.05) is 46.5 Å². The SMILES string of the molecule is COSc1ccc2nc(-c3cccc(C(F)(F)F)c3)c(CN3CCC(N4CCOCC4)CC3)c(C(=O)N[C@@H](C)c3ccccc3)c2c1. The number of hydrogen-bond acceptors (Lipinski definition) is 7. The summed E-state index contributed by atoms with van der Waals surface area (Å²) in [7, 11) is 1.57. The number of fused-ring (bicyclic) bond motifs is 1. The third-order valence-electron chi connectivity index (χ3n) is 9.08. The lowest BCUT2D eigenvalue weighted by atomic mass is 9.93. The van der Waals surface area contributed by atoms with E-state index in [9.17, 15) is 18.0 Å².